The van der Waals surface area contributed by atoms with Crippen LogP contribution in [0.15, 0.2) is 42.1 Å². The molecule has 39 heavy (non-hydrogen) atoms. The topological polar surface area (TPSA) is 62.7 Å². The maximum atomic E-state index is 15.2. The van der Waals surface area contributed by atoms with E-state index in [0.717, 1.165) is 80.4 Å². The van der Waals surface area contributed by atoms with E-state index in [2.05, 4.69) is 16.0 Å². The van der Waals surface area contributed by atoms with Crippen molar-refractivity contribution >= 4 is 23.6 Å². The number of hydrogen-bond donors (Lipinski definition) is 0. The van der Waals surface area contributed by atoms with E-state index in [1.807, 2.05) is 19.9 Å². The zero-order valence-corrected chi connectivity index (χ0v) is 22.6. The Morgan fingerprint density at radius 2 is 1.79 bits per heavy atom. The van der Waals surface area contributed by atoms with Crippen LogP contribution in [0.1, 0.15) is 74.7 Å². The number of carbonyl (C=O) groups is 2. The first-order valence-corrected chi connectivity index (χ1v) is 13.9. The Balaban J connectivity index is 1.31. The van der Waals surface area contributed by atoms with Gasteiger partial charge in [-0.2, -0.15) is 0 Å². The molecule has 3 aliphatic rings. The van der Waals surface area contributed by atoms with Gasteiger partial charge in [-0.1, -0.05) is 17.7 Å². The fourth-order valence-electron chi connectivity index (χ4n) is 5.76. The van der Waals surface area contributed by atoms with E-state index in [-0.39, 0.29) is 29.2 Å². The molecule has 1 saturated carbocycles. The highest BCUT2D eigenvalue weighted by molar-refractivity contribution is 5.95. The smallest absolute Gasteiger partial charge is 0.330 e. The number of aromatic nitrogens is 1. The second-order valence-corrected chi connectivity index (χ2v) is 10.9. The van der Waals surface area contributed by atoms with Gasteiger partial charge in [0.1, 0.15) is 11.6 Å². The first kappa shape index (κ1) is 27.0. The molecule has 0 N–H and O–H groups in total. The predicted octanol–water partition coefficient (Wildman–Crippen LogP) is 6.31. The lowest BCUT2D eigenvalue weighted by Crippen LogP contribution is -2.39. The number of piperidine rings is 1. The van der Waals surface area contributed by atoms with Gasteiger partial charge < -0.3 is 14.5 Å². The van der Waals surface area contributed by atoms with Gasteiger partial charge in [0.2, 0.25) is 0 Å². The average molecular weight is 536 g/mol. The summed E-state index contributed by atoms with van der Waals surface area (Å²) in [6.07, 6.45) is 13.5. The highest BCUT2D eigenvalue weighted by Gasteiger charge is 2.28. The summed E-state index contributed by atoms with van der Waals surface area (Å²) in [5, 5.41) is 0. The van der Waals surface area contributed by atoms with Gasteiger partial charge in [-0.25, -0.2) is 13.6 Å². The summed E-state index contributed by atoms with van der Waals surface area (Å²) in [6, 6.07) is 4.16. The van der Waals surface area contributed by atoms with Crippen molar-refractivity contribution in [1.82, 2.24) is 9.88 Å². The highest BCUT2D eigenvalue weighted by Crippen LogP contribution is 2.36. The van der Waals surface area contributed by atoms with Crippen molar-refractivity contribution in [3.05, 3.63) is 64.9 Å². The molecule has 1 aromatic heterocycles. The Morgan fingerprint density at radius 1 is 1.05 bits per heavy atom. The van der Waals surface area contributed by atoms with Crippen molar-refractivity contribution < 1.29 is 23.1 Å². The number of nitrogens with zero attached hydrogens (tertiary/aromatic N) is 3. The molecular formula is C31H35F2N3O3. The summed E-state index contributed by atoms with van der Waals surface area (Å²) in [6.45, 7) is 5.56. The summed E-state index contributed by atoms with van der Waals surface area (Å²) >= 11 is 0. The number of anilines is 1. The number of likely N-dealkylation sites (tertiary alicyclic amines) is 1. The molecule has 1 aliphatic carbocycles. The SMILES string of the molecule is CC(C)OC(=O)C=C1CCC(N2CC=Cc3cc(-c4cc(F)c(C(=O)N5CCCCC5)cc4F)ncc32)CC1. The van der Waals surface area contributed by atoms with Gasteiger partial charge >= 0.3 is 5.97 Å². The Bertz CT molecular complexity index is 1300. The molecule has 1 aromatic carbocycles. The Morgan fingerprint density at radius 3 is 2.51 bits per heavy atom. The van der Waals surface area contributed by atoms with Crippen LogP contribution in [-0.2, 0) is 9.53 Å². The molecule has 206 valence electrons. The van der Waals surface area contributed by atoms with Crippen LogP contribution in [0.5, 0.6) is 0 Å². The largest absolute Gasteiger partial charge is 0.460 e. The second-order valence-electron chi connectivity index (χ2n) is 10.9. The van der Waals surface area contributed by atoms with Gasteiger partial charge in [-0.15, -0.1) is 0 Å². The lowest BCUT2D eigenvalue weighted by atomic mass is 9.88. The van der Waals surface area contributed by atoms with Crippen LogP contribution in [0.4, 0.5) is 14.5 Å². The first-order chi connectivity index (χ1) is 18.8. The fraction of sp³-hybridized carbons (Fsp3) is 0.452. The molecule has 1 saturated heterocycles. The normalized spacial score (nSPS) is 19.2. The van der Waals surface area contributed by atoms with E-state index in [1.54, 1.807) is 23.2 Å². The van der Waals surface area contributed by atoms with Crippen LogP contribution in [0.25, 0.3) is 17.3 Å². The minimum Gasteiger partial charge on any atom is -0.460 e. The van der Waals surface area contributed by atoms with Gasteiger partial charge in [-0.3, -0.25) is 9.78 Å². The summed E-state index contributed by atoms with van der Waals surface area (Å²) < 4.78 is 35.5. The van der Waals surface area contributed by atoms with Crippen molar-refractivity contribution in [3.63, 3.8) is 0 Å². The third-order valence-electron chi connectivity index (χ3n) is 7.74. The minimum atomic E-state index is -0.734. The van der Waals surface area contributed by atoms with E-state index in [1.165, 1.54) is 0 Å². The van der Waals surface area contributed by atoms with Crippen LogP contribution in [0.2, 0.25) is 0 Å². The second kappa shape index (κ2) is 11.7. The Labute approximate surface area is 228 Å². The number of esters is 1. The van der Waals surface area contributed by atoms with Crippen molar-refractivity contribution in [3.8, 4) is 11.3 Å². The van der Waals surface area contributed by atoms with Gasteiger partial charge in [0.05, 0.1) is 29.2 Å². The average Bonchev–Trinajstić information content (AvgIpc) is 2.93. The number of halogens is 2. The number of benzene rings is 1. The zero-order valence-electron chi connectivity index (χ0n) is 22.6. The molecule has 2 aliphatic heterocycles. The number of allylic oxidation sites excluding steroid dienone is 1. The van der Waals surface area contributed by atoms with Crippen LogP contribution in [-0.4, -0.2) is 53.5 Å². The molecule has 0 bridgehead atoms. The van der Waals surface area contributed by atoms with Crippen LogP contribution in [0, 0.1) is 11.6 Å². The van der Waals surface area contributed by atoms with Crippen molar-refractivity contribution in [2.24, 2.45) is 0 Å². The van der Waals surface area contributed by atoms with E-state index < -0.39 is 17.5 Å². The number of amides is 1. The third-order valence-corrected chi connectivity index (χ3v) is 7.74. The Kier molecular flexibility index (Phi) is 8.10. The molecule has 2 aromatic rings. The number of hydrogen-bond acceptors (Lipinski definition) is 5. The predicted molar refractivity (Wildman–Crippen MR) is 147 cm³/mol. The van der Waals surface area contributed by atoms with Gasteiger partial charge in [0.25, 0.3) is 5.91 Å². The van der Waals surface area contributed by atoms with Crippen molar-refractivity contribution in [2.75, 3.05) is 24.5 Å². The van der Waals surface area contributed by atoms with Crippen LogP contribution in [0.3, 0.4) is 0 Å². The molecule has 0 atom stereocenters. The molecular weight excluding hydrogens is 500 g/mol. The third kappa shape index (κ3) is 6.05. The molecule has 2 fully saturated rings. The monoisotopic (exact) mass is 535 g/mol. The molecule has 3 heterocycles. The lowest BCUT2D eigenvalue weighted by molar-refractivity contribution is -0.141. The lowest BCUT2D eigenvalue weighted by Gasteiger charge is -2.38. The molecule has 0 unspecified atom stereocenters. The van der Waals surface area contributed by atoms with Crippen LogP contribution < -0.4 is 4.90 Å². The summed E-state index contributed by atoms with van der Waals surface area (Å²) in [5.74, 6) is -2.14. The van der Waals surface area contributed by atoms with Gasteiger partial charge in [0.15, 0.2) is 0 Å². The molecule has 0 radical (unpaired) electrons. The van der Waals surface area contributed by atoms with E-state index in [4.69, 9.17) is 4.74 Å². The number of rotatable bonds is 5. The van der Waals surface area contributed by atoms with E-state index in [0.29, 0.717) is 18.8 Å². The van der Waals surface area contributed by atoms with Gasteiger partial charge in [-0.05, 0) is 77.0 Å². The minimum absolute atomic E-state index is 0.0387. The standard InChI is InChI=1S/C31H35F2N3O3/c1-20(2)39-30(37)15-21-8-10-23(11-9-21)36-14-6-7-22-16-28(34-19-29(22)36)24-17-27(33)25(18-26(24)32)31(38)35-12-4-3-5-13-35/h6-7,15-20,23H,3-5,8-14H2,1-2H3. The first-order valence-electron chi connectivity index (χ1n) is 13.9. The summed E-state index contributed by atoms with van der Waals surface area (Å²) in [7, 11) is 0. The molecule has 0 spiro atoms. The van der Waals surface area contributed by atoms with Crippen LogP contribution >= 0.6 is 0 Å². The molecule has 8 heteroatoms. The number of carbonyl (C=O) groups excluding carboxylic acids is 2. The number of ether oxygens (including phenoxy) is 1. The number of pyridine rings is 1. The number of fused-ring (bicyclic) bond motifs is 1. The summed E-state index contributed by atoms with van der Waals surface area (Å²) in [5.41, 5.74) is 3.09. The Hall–Kier alpha value is -3.55. The van der Waals surface area contributed by atoms with E-state index >= 15 is 8.78 Å². The highest BCUT2D eigenvalue weighted by atomic mass is 19.1. The maximum absolute atomic E-state index is 15.2. The summed E-state index contributed by atoms with van der Waals surface area (Å²) in [4.78, 5) is 33.2. The molecule has 1 amide bonds. The fourth-order valence-corrected chi connectivity index (χ4v) is 5.76. The van der Waals surface area contributed by atoms with E-state index in [9.17, 15) is 9.59 Å². The van der Waals surface area contributed by atoms with Crippen molar-refractivity contribution in [1.29, 1.82) is 0 Å². The van der Waals surface area contributed by atoms with Gasteiger partial charge in [0, 0.05) is 42.9 Å². The molecule has 6 nitrogen and oxygen atoms in total. The molecule has 5 rings (SSSR count). The maximum Gasteiger partial charge on any atom is 0.330 e. The quantitative estimate of drug-likeness (QED) is 0.332. The zero-order chi connectivity index (χ0) is 27.5. The van der Waals surface area contributed by atoms with Crippen molar-refractivity contribution in [2.45, 2.75) is 70.9 Å².